The van der Waals surface area contributed by atoms with E-state index in [-0.39, 0.29) is 53.9 Å². The second-order valence-corrected chi connectivity index (χ2v) is 9.97. The van der Waals surface area contributed by atoms with Crippen LogP contribution in [0.4, 0.5) is 0 Å². The van der Waals surface area contributed by atoms with Crippen molar-refractivity contribution in [3.63, 3.8) is 0 Å². The number of rotatable bonds is 6. The van der Waals surface area contributed by atoms with Gasteiger partial charge in [-0.05, 0) is 59.6 Å². The summed E-state index contributed by atoms with van der Waals surface area (Å²) in [6.07, 6.45) is 6.51. The molecule has 5 heteroatoms. The van der Waals surface area contributed by atoms with Gasteiger partial charge in [-0.3, -0.25) is 19.3 Å². The Morgan fingerprint density at radius 2 is 1.60 bits per heavy atom. The highest BCUT2D eigenvalue weighted by Gasteiger charge is 2.66. The van der Waals surface area contributed by atoms with Crippen molar-refractivity contribution in [2.45, 2.75) is 45.4 Å². The molecule has 2 saturated carbocycles. The first kappa shape index (κ1) is 19.5. The molecule has 6 atom stereocenters. The SMILES string of the molecule is CCC(C)(C)c1ccc(OC(=O)CCN2C(=O)[C@H]3[C@@H]4C=C[C@H]([C@H]5C[C@H]45)[C@@H]3C2=O)cc1. The number of ether oxygens (including phenoxy) is 1. The van der Waals surface area contributed by atoms with E-state index in [2.05, 4.69) is 32.9 Å². The predicted octanol–water partition coefficient (Wildman–Crippen LogP) is 3.72. The van der Waals surface area contributed by atoms with Crippen LogP contribution < -0.4 is 4.74 Å². The fourth-order valence-electron chi connectivity index (χ4n) is 5.80. The van der Waals surface area contributed by atoms with Gasteiger partial charge in [0.1, 0.15) is 5.75 Å². The average Bonchev–Trinajstić information content (AvgIpc) is 3.52. The Morgan fingerprint density at radius 1 is 1.03 bits per heavy atom. The molecule has 6 rings (SSSR count). The van der Waals surface area contributed by atoms with Crippen LogP contribution in [-0.4, -0.2) is 29.2 Å². The van der Waals surface area contributed by atoms with E-state index >= 15 is 0 Å². The third-order valence-electron chi connectivity index (χ3n) is 8.04. The second kappa shape index (κ2) is 6.79. The van der Waals surface area contributed by atoms with Crippen molar-refractivity contribution in [3.05, 3.63) is 42.0 Å². The van der Waals surface area contributed by atoms with Crippen molar-refractivity contribution in [2.75, 3.05) is 6.54 Å². The summed E-state index contributed by atoms with van der Waals surface area (Å²) in [7, 11) is 0. The number of hydrogen-bond acceptors (Lipinski definition) is 4. The monoisotopic (exact) mass is 407 g/mol. The predicted molar refractivity (Wildman–Crippen MR) is 111 cm³/mol. The highest BCUT2D eigenvalue weighted by molar-refractivity contribution is 6.06. The molecule has 30 heavy (non-hydrogen) atoms. The molecular formula is C25H29NO4. The Labute approximate surface area is 177 Å². The minimum Gasteiger partial charge on any atom is -0.426 e. The summed E-state index contributed by atoms with van der Waals surface area (Å²) in [6, 6.07) is 7.58. The molecule has 2 amide bonds. The van der Waals surface area contributed by atoms with Crippen LogP contribution in [0.25, 0.3) is 0 Å². The van der Waals surface area contributed by atoms with Crippen LogP contribution in [-0.2, 0) is 19.8 Å². The number of carbonyl (C=O) groups excluding carboxylic acids is 3. The van der Waals surface area contributed by atoms with Gasteiger partial charge in [-0.1, -0.05) is 45.1 Å². The summed E-state index contributed by atoms with van der Waals surface area (Å²) in [5, 5.41) is 0. The second-order valence-electron chi connectivity index (χ2n) is 9.97. The molecule has 0 radical (unpaired) electrons. The topological polar surface area (TPSA) is 63.7 Å². The third kappa shape index (κ3) is 2.93. The zero-order valence-electron chi connectivity index (χ0n) is 17.8. The summed E-state index contributed by atoms with van der Waals surface area (Å²) in [6.45, 7) is 6.62. The molecule has 2 bridgehead atoms. The van der Waals surface area contributed by atoms with Gasteiger partial charge in [0.15, 0.2) is 0 Å². The maximum atomic E-state index is 13.0. The Balaban J connectivity index is 1.19. The quantitative estimate of drug-likeness (QED) is 0.312. The van der Waals surface area contributed by atoms with Crippen molar-refractivity contribution in [2.24, 2.45) is 35.5 Å². The summed E-state index contributed by atoms with van der Waals surface area (Å²) in [5.41, 5.74) is 1.27. The van der Waals surface area contributed by atoms with E-state index in [1.807, 2.05) is 12.1 Å². The first-order valence-corrected chi connectivity index (χ1v) is 11.2. The van der Waals surface area contributed by atoms with E-state index in [0.717, 1.165) is 12.8 Å². The van der Waals surface area contributed by atoms with E-state index in [4.69, 9.17) is 4.74 Å². The smallest absolute Gasteiger partial charge is 0.312 e. The van der Waals surface area contributed by atoms with Gasteiger partial charge in [-0.15, -0.1) is 0 Å². The molecule has 1 aliphatic heterocycles. The van der Waals surface area contributed by atoms with E-state index in [1.165, 1.54) is 10.5 Å². The Hall–Kier alpha value is -2.43. The van der Waals surface area contributed by atoms with E-state index in [0.29, 0.717) is 17.6 Å². The number of carbonyl (C=O) groups is 3. The molecule has 0 N–H and O–H groups in total. The molecule has 0 unspecified atom stereocenters. The molecule has 4 aliphatic carbocycles. The van der Waals surface area contributed by atoms with E-state index in [1.54, 1.807) is 12.1 Å². The average molecular weight is 408 g/mol. The van der Waals surface area contributed by atoms with Gasteiger partial charge in [0.2, 0.25) is 11.8 Å². The number of hydrogen-bond donors (Lipinski definition) is 0. The summed E-state index contributed by atoms with van der Waals surface area (Å²) in [4.78, 5) is 39.6. The minimum absolute atomic E-state index is 0.0226. The van der Waals surface area contributed by atoms with Gasteiger partial charge >= 0.3 is 5.97 Å². The van der Waals surface area contributed by atoms with Gasteiger partial charge in [0.25, 0.3) is 0 Å². The lowest BCUT2D eigenvalue weighted by Crippen LogP contribution is -2.40. The molecular weight excluding hydrogens is 378 g/mol. The summed E-state index contributed by atoms with van der Waals surface area (Å²) < 4.78 is 5.44. The maximum Gasteiger partial charge on any atom is 0.312 e. The van der Waals surface area contributed by atoms with Crippen molar-refractivity contribution in [1.82, 2.24) is 4.90 Å². The number of amides is 2. The fraction of sp³-hybridized carbons (Fsp3) is 0.560. The number of imide groups is 1. The highest BCUT2D eigenvalue weighted by Crippen LogP contribution is 2.65. The van der Waals surface area contributed by atoms with E-state index in [9.17, 15) is 14.4 Å². The molecule has 1 heterocycles. The normalized spacial score (nSPS) is 33.5. The third-order valence-corrected chi connectivity index (χ3v) is 8.04. The van der Waals surface area contributed by atoms with Gasteiger partial charge < -0.3 is 4.74 Å². The van der Waals surface area contributed by atoms with Gasteiger partial charge in [-0.25, -0.2) is 0 Å². The Bertz CT molecular complexity index is 895. The number of benzene rings is 1. The van der Waals surface area contributed by atoms with Gasteiger partial charge in [0.05, 0.1) is 18.3 Å². The minimum atomic E-state index is -0.420. The van der Waals surface area contributed by atoms with Crippen LogP contribution in [0.2, 0.25) is 0 Å². The lowest BCUT2D eigenvalue weighted by atomic mass is 9.63. The molecule has 1 aromatic carbocycles. The summed E-state index contributed by atoms with van der Waals surface area (Å²) in [5.74, 6) is 1.08. The summed E-state index contributed by atoms with van der Waals surface area (Å²) >= 11 is 0. The standard InChI is InChI=1S/C25H29NO4/c1-4-25(2,3)14-5-7-15(8-6-14)30-20(27)11-12-26-23(28)21-16-9-10-17(19-13-18(16)19)22(21)24(26)29/h5-10,16-19,21-22H,4,11-13H2,1-3H3/t16-,17-,18-,19-,21+,22+/m1/s1. The van der Waals surface area contributed by atoms with Crippen molar-refractivity contribution < 1.29 is 19.1 Å². The number of likely N-dealkylation sites (tertiary alicyclic amines) is 1. The first-order chi connectivity index (χ1) is 14.3. The van der Waals surface area contributed by atoms with Crippen molar-refractivity contribution in [1.29, 1.82) is 0 Å². The molecule has 1 saturated heterocycles. The van der Waals surface area contributed by atoms with Gasteiger partial charge in [0, 0.05) is 6.54 Å². The molecule has 5 nitrogen and oxygen atoms in total. The first-order valence-electron chi connectivity index (χ1n) is 11.2. The molecule has 1 aromatic rings. The van der Waals surface area contributed by atoms with Gasteiger partial charge in [-0.2, -0.15) is 0 Å². The van der Waals surface area contributed by atoms with Crippen LogP contribution in [0.3, 0.4) is 0 Å². The van der Waals surface area contributed by atoms with Crippen LogP contribution in [0.5, 0.6) is 5.75 Å². The van der Waals surface area contributed by atoms with Crippen LogP contribution in [0, 0.1) is 35.5 Å². The van der Waals surface area contributed by atoms with Crippen LogP contribution in [0.15, 0.2) is 36.4 Å². The zero-order chi connectivity index (χ0) is 21.2. The Morgan fingerprint density at radius 3 is 2.13 bits per heavy atom. The van der Waals surface area contributed by atoms with Crippen molar-refractivity contribution in [3.8, 4) is 5.75 Å². The number of nitrogens with zero attached hydrogens (tertiary/aromatic N) is 1. The lowest BCUT2D eigenvalue weighted by molar-refractivity contribution is -0.141. The molecule has 158 valence electrons. The lowest BCUT2D eigenvalue weighted by Gasteiger charge is -2.37. The maximum absolute atomic E-state index is 13.0. The molecule has 5 aliphatic rings. The Kier molecular flexibility index (Phi) is 4.42. The largest absolute Gasteiger partial charge is 0.426 e. The zero-order valence-corrected chi connectivity index (χ0v) is 17.8. The molecule has 3 fully saturated rings. The highest BCUT2D eigenvalue weighted by atomic mass is 16.5. The van der Waals surface area contributed by atoms with Crippen molar-refractivity contribution >= 4 is 17.8 Å². The van der Waals surface area contributed by atoms with Crippen LogP contribution in [0.1, 0.15) is 45.6 Å². The van der Waals surface area contributed by atoms with Crippen LogP contribution >= 0.6 is 0 Å². The van der Waals surface area contributed by atoms with E-state index < -0.39 is 5.97 Å². The number of allylic oxidation sites excluding steroid dienone is 2. The molecule has 0 spiro atoms. The molecule has 0 aromatic heterocycles. The fourth-order valence-corrected chi connectivity index (χ4v) is 5.80. The number of esters is 1.